The number of nitrogens with zero attached hydrogens (tertiary/aromatic N) is 2. The summed E-state index contributed by atoms with van der Waals surface area (Å²) in [7, 11) is 1.64. The maximum Gasteiger partial charge on any atom is 0.253 e. The van der Waals surface area contributed by atoms with Crippen LogP contribution in [0.5, 0.6) is 5.75 Å². The number of likely N-dealkylation sites (tertiary alicyclic amines) is 2. The molecule has 6 heteroatoms. The Morgan fingerprint density at radius 3 is 2.20 bits per heavy atom. The summed E-state index contributed by atoms with van der Waals surface area (Å²) in [5, 5.41) is 0.599. The Kier molecular flexibility index (Phi) is 6.28. The second-order valence-corrected chi connectivity index (χ2v) is 8.53. The van der Waals surface area contributed by atoms with E-state index >= 15 is 0 Å². The molecule has 158 valence electrons. The molecule has 2 atom stereocenters. The molecule has 5 nitrogen and oxygen atoms in total. The van der Waals surface area contributed by atoms with Crippen LogP contribution in [0.1, 0.15) is 41.1 Å². The van der Waals surface area contributed by atoms with Crippen LogP contribution in [0.15, 0.2) is 48.5 Å². The second-order valence-electron chi connectivity index (χ2n) is 8.09. The zero-order chi connectivity index (χ0) is 21.1. The molecule has 2 saturated heterocycles. The van der Waals surface area contributed by atoms with Crippen molar-refractivity contribution in [1.29, 1.82) is 0 Å². The van der Waals surface area contributed by atoms with Crippen molar-refractivity contribution in [2.75, 3.05) is 33.3 Å². The third kappa shape index (κ3) is 4.31. The summed E-state index contributed by atoms with van der Waals surface area (Å²) in [6.45, 7) is 2.59. The standard InChI is InChI=1S/C24H27ClN2O3/c1-30-20-11-7-17(8-12-20)21-15-27(23(28)18-5-9-19(25)10-6-18)16-22(21)24(29)26-13-3-2-4-14-26/h5-12,21-22H,2-4,13-16H2,1H3/t21-,22+/m1/s1. The van der Waals surface area contributed by atoms with Gasteiger partial charge in [0.05, 0.1) is 13.0 Å². The van der Waals surface area contributed by atoms with Gasteiger partial charge < -0.3 is 14.5 Å². The summed E-state index contributed by atoms with van der Waals surface area (Å²) in [6.07, 6.45) is 3.29. The lowest BCUT2D eigenvalue weighted by atomic mass is 9.87. The summed E-state index contributed by atoms with van der Waals surface area (Å²) < 4.78 is 5.28. The zero-order valence-corrected chi connectivity index (χ0v) is 18.0. The predicted octanol–water partition coefficient (Wildman–Crippen LogP) is 4.22. The van der Waals surface area contributed by atoms with Gasteiger partial charge in [-0.1, -0.05) is 23.7 Å². The van der Waals surface area contributed by atoms with Gasteiger partial charge in [0.25, 0.3) is 5.91 Å². The van der Waals surface area contributed by atoms with Gasteiger partial charge in [0.2, 0.25) is 5.91 Å². The maximum absolute atomic E-state index is 13.4. The molecule has 0 saturated carbocycles. The molecule has 0 aliphatic carbocycles. The average molecular weight is 427 g/mol. The van der Waals surface area contributed by atoms with Gasteiger partial charge >= 0.3 is 0 Å². The van der Waals surface area contributed by atoms with Gasteiger partial charge in [-0.3, -0.25) is 9.59 Å². The number of ether oxygens (including phenoxy) is 1. The number of benzene rings is 2. The van der Waals surface area contributed by atoms with Crippen LogP contribution in [0.25, 0.3) is 0 Å². The minimum Gasteiger partial charge on any atom is -0.497 e. The highest BCUT2D eigenvalue weighted by molar-refractivity contribution is 6.30. The third-order valence-corrected chi connectivity index (χ3v) is 6.48. The number of carbonyl (C=O) groups is 2. The van der Waals surface area contributed by atoms with Crippen molar-refractivity contribution < 1.29 is 14.3 Å². The second kappa shape index (κ2) is 9.09. The van der Waals surface area contributed by atoms with Crippen LogP contribution in [0.2, 0.25) is 5.02 Å². The Balaban J connectivity index is 1.59. The Morgan fingerprint density at radius 1 is 0.900 bits per heavy atom. The summed E-state index contributed by atoms with van der Waals surface area (Å²) in [4.78, 5) is 30.3. The van der Waals surface area contributed by atoms with E-state index in [9.17, 15) is 9.59 Å². The first kappa shape index (κ1) is 20.7. The van der Waals surface area contributed by atoms with Crippen LogP contribution in [0.4, 0.5) is 0 Å². The highest BCUT2D eigenvalue weighted by atomic mass is 35.5. The number of carbonyl (C=O) groups excluding carboxylic acids is 2. The van der Waals surface area contributed by atoms with Gasteiger partial charge in [0, 0.05) is 42.7 Å². The van der Waals surface area contributed by atoms with Crippen LogP contribution in [-0.4, -0.2) is 54.9 Å². The largest absolute Gasteiger partial charge is 0.497 e. The molecular formula is C24H27ClN2O3. The number of hydrogen-bond acceptors (Lipinski definition) is 3. The van der Waals surface area contributed by atoms with E-state index in [-0.39, 0.29) is 23.7 Å². The maximum atomic E-state index is 13.4. The minimum absolute atomic E-state index is 0.0263. The van der Waals surface area contributed by atoms with Gasteiger partial charge in [0.15, 0.2) is 0 Å². The average Bonchev–Trinajstić information content (AvgIpc) is 3.24. The van der Waals surface area contributed by atoms with Crippen LogP contribution in [0, 0.1) is 5.92 Å². The van der Waals surface area contributed by atoms with Crippen LogP contribution in [0.3, 0.4) is 0 Å². The predicted molar refractivity (Wildman–Crippen MR) is 117 cm³/mol. The Hall–Kier alpha value is -2.53. The van der Waals surface area contributed by atoms with Gasteiger partial charge in [-0.05, 0) is 61.2 Å². The van der Waals surface area contributed by atoms with Gasteiger partial charge in [-0.25, -0.2) is 0 Å². The lowest BCUT2D eigenvalue weighted by Crippen LogP contribution is -2.42. The summed E-state index contributed by atoms with van der Waals surface area (Å²) >= 11 is 5.97. The molecular weight excluding hydrogens is 400 g/mol. The smallest absolute Gasteiger partial charge is 0.253 e. The topological polar surface area (TPSA) is 49.9 Å². The number of amides is 2. The lowest BCUT2D eigenvalue weighted by Gasteiger charge is -2.31. The van der Waals surface area contributed by atoms with E-state index in [1.165, 1.54) is 6.42 Å². The highest BCUT2D eigenvalue weighted by Gasteiger charge is 2.42. The van der Waals surface area contributed by atoms with E-state index in [1.807, 2.05) is 34.1 Å². The summed E-state index contributed by atoms with van der Waals surface area (Å²) in [6, 6.07) is 14.8. The van der Waals surface area contributed by atoms with E-state index in [4.69, 9.17) is 16.3 Å². The van der Waals surface area contributed by atoms with E-state index in [1.54, 1.807) is 31.4 Å². The first-order valence-electron chi connectivity index (χ1n) is 10.5. The van der Waals surface area contributed by atoms with Crippen LogP contribution >= 0.6 is 11.6 Å². The van der Waals surface area contributed by atoms with Crippen molar-refractivity contribution in [3.63, 3.8) is 0 Å². The molecule has 30 heavy (non-hydrogen) atoms. The Bertz CT molecular complexity index is 892. The molecule has 0 bridgehead atoms. The molecule has 2 fully saturated rings. The molecule has 4 rings (SSSR count). The minimum atomic E-state index is -0.229. The van der Waals surface area contributed by atoms with Crippen molar-refractivity contribution in [3.8, 4) is 5.75 Å². The van der Waals surface area contributed by atoms with Gasteiger partial charge in [-0.2, -0.15) is 0 Å². The van der Waals surface area contributed by atoms with Crippen LogP contribution in [-0.2, 0) is 4.79 Å². The third-order valence-electron chi connectivity index (χ3n) is 6.23. The normalized spacial score (nSPS) is 21.5. The quantitative estimate of drug-likeness (QED) is 0.735. The lowest BCUT2D eigenvalue weighted by molar-refractivity contribution is -0.136. The van der Waals surface area contributed by atoms with Crippen molar-refractivity contribution in [1.82, 2.24) is 9.80 Å². The van der Waals surface area contributed by atoms with Crippen molar-refractivity contribution in [2.24, 2.45) is 5.92 Å². The Labute approximate surface area is 182 Å². The number of halogens is 1. The van der Waals surface area contributed by atoms with E-state index in [0.29, 0.717) is 23.7 Å². The summed E-state index contributed by atoms with van der Waals surface area (Å²) in [5.74, 6) is 0.639. The molecule has 0 aromatic heterocycles. The van der Waals surface area contributed by atoms with Gasteiger partial charge in [0.1, 0.15) is 5.75 Å². The van der Waals surface area contributed by atoms with Crippen molar-refractivity contribution in [3.05, 3.63) is 64.7 Å². The molecule has 0 unspecified atom stereocenters. The molecule has 0 spiro atoms. The molecule has 0 radical (unpaired) electrons. The van der Waals surface area contributed by atoms with E-state index in [2.05, 4.69) is 0 Å². The highest BCUT2D eigenvalue weighted by Crippen LogP contribution is 2.36. The summed E-state index contributed by atoms with van der Waals surface area (Å²) in [5.41, 5.74) is 1.66. The fraction of sp³-hybridized carbons (Fsp3) is 0.417. The fourth-order valence-electron chi connectivity index (χ4n) is 4.53. The molecule has 2 heterocycles. The van der Waals surface area contributed by atoms with Crippen molar-refractivity contribution in [2.45, 2.75) is 25.2 Å². The SMILES string of the molecule is COc1ccc([C@H]2CN(C(=O)c3ccc(Cl)cc3)C[C@@H]2C(=O)N2CCCCC2)cc1. The zero-order valence-electron chi connectivity index (χ0n) is 17.2. The first-order chi connectivity index (χ1) is 14.6. The monoisotopic (exact) mass is 426 g/mol. The molecule has 0 N–H and O–H groups in total. The number of rotatable bonds is 4. The number of methoxy groups -OCH3 is 1. The molecule has 2 aliphatic heterocycles. The molecule has 2 amide bonds. The van der Waals surface area contributed by atoms with E-state index < -0.39 is 0 Å². The first-order valence-corrected chi connectivity index (χ1v) is 10.9. The van der Waals surface area contributed by atoms with Gasteiger partial charge in [-0.15, -0.1) is 0 Å². The fourth-order valence-corrected chi connectivity index (χ4v) is 4.66. The molecule has 2 aliphatic rings. The van der Waals surface area contributed by atoms with Crippen LogP contribution < -0.4 is 4.74 Å². The molecule has 2 aromatic carbocycles. The van der Waals surface area contributed by atoms with Crippen molar-refractivity contribution >= 4 is 23.4 Å². The van der Waals surface area contributed by atoms with E-state index in [0.717, 1.165) is 37.2 Å². The molecule has 2 aromatic rings. The number of hydrogen-bond donors (Lipinski definition) is 0. The number of piperidine rings is 1. The Morgan fingerprint density at radius 2 is 1.57 bits per heavy atom.